The van der Waals surface area contributed by atoms with Crippen LogP contribution in [0.4, 0.5) is 0 Å². The second-order valence-corrected chi connectivity index (χ2v) is 7.53. The van der Waals surface area contributed by atoms with Crippen LogP contribution in [-0.4, -0.2) is 9.97 Å². The van der Waals surface area contributed by atoms with E-state index >= 15 is 0 Å². The summed E-state index contributed by atoms with van der Waals surface area (Å²) in [4.78, 5) is 9.28. The summed E-state index contributed by atoms with van der Waals surface area (Å²) >= 11 is 5.10. The van der Waals surface area contributed by atoms with E-state index in [1.807, 2.05) is 24.4 Å². The maximum Gasteiger partial charge on any atom is 0.142 e. The Morgan fingerprint density at radius 1 is 0.840 bits per heavy atom. The molecule has 0 bridgehead atoms. The zero-order valence-electron chi connectivity index (χ0n) is 13.4. The molecule has 0 amide bonds. The van der Waals surface area contributed by atoms with E-state index in [1.54, 1.807) is 11.3 Å². The van der Waals surface area contributed by atoms with Crippen LogP contribution >= 0.6 is 27.3 Å². The number of rotatable bonds is 4. The largest absolute Gasteiger partial charge is 0.254 e. The lowest BCUT2D eigenvalue weighted by atomic mass is 10.1. The first kappa shape index (κ1) is 16.2. The van der Waals surface area contributed by atoms with E-state index in [0.29, 0.717) is 0 Å². The molecule has 4 aromatic rings. The molecule has 0 aliphatic carbocycles. The van der Waals surface area contributed by atoms with Crippen LogP contribution in [0.1, 0.15) is 11.1 Å². The second-order valence-electron chi connectivity index (χ2n) is 5.76. The van der Waals surface area contributed by atoms with Crippen LogP contribution in [0.25, 0.3) is 22.0 Å². The predicted molar refractivity (Wildman–Crippen MR) is 108 cm³/mol. The molecular formula is C21H15BrN2S. The smallest absolute Gasteiger partial charge is 0.142 e. The number of hydrogen-bond donors (Lipinski definition) is 0. The summed E-state index contributed by atoms with van der Waals surface area (Å²) in [7, 11) is 0. The Labute approximate surface area is 159 Å². The van der Waals surface area contributed by atoms with Gasteiger partial charge in [-0.3, -0.25) is 4.98 Å². The molecule has 0 N–H and O–H groups in total. The molecule has 4 heteroatoms. The quantitative estimate of drug-likeness (QED) is 0.401. The van der Waals surface area contributed by atoms with Crippen molar-refractivity contribution in [3.05, 3.63) is 93.9 Å². The summed E-state index contributed by atoms with van der Waals surface area (Å²) in [6.07, 6.45) is 2.77. The van der Waals surface area contributed by atoms with Crippen molar-refractivity contribution in [2.75, 3.05) is 0 Å². The van der Waals surface area contributed by atoms with Crippen LogP contribution in [-0.2, 0) is 6.42 Å². The highest BCUT2D eigenvalue weighted by Gasteiger charge is 2.09. The van der Waals surface area contributed by atoms with Gasteiger partial charge in [0.1, 0.15) is 5.01 Å². The molecule has 0 aliphatic heterocycles. The summed E-state index contributed by atoms with van der Waals surface area (Å²) in [5.41, 5.74) is 5.58. The van der Waals surface area contributed by atoms with Crippen LogP contribution in [0.2, 0.25) is 0 Å². The molecule has 25 heavy (non-hydrogen) atoms. The molecule has 2 aromatic carbocycles. The standard InChI is InChI=1S/C21H15BrN2S/c22-18-8-6-17(7-9-18)20-14-25-21(24-20)19-13-16(10-11-23-19)12-15-4-2-1-3-5-15/h1-11,13-14H,12H2. The van der Waals surface area contributed by atoms with Crippen molar-refractivity contribution in [1.29, 1.82) is 0 Å². The summed E-state index contributed by atoms with van der Waals surface area (Å²) in [6, 6.07) is 22.9. The van der Waals surface area contributed by atoms with Gasteiger partial charge in [-0.2, -0.15) is 0 Å². The van der Waals surface area contributed by atoms with Gasteiger partial charge in [-0.15, -0.1) is 11.3 Å². The first-order chi connectivity index (χ1) is 12.3. The Kier molecular flexibility index (Phi) is 4.72. The van der Waals surface area contributed by atoms with Crippen molar-refractivity contribution < 1.29 is 0 Å². The van der Waals surface area contributed by atoms with Crippen LogP contribution in [0, 0.1) is 0 Å². The van der Waals surface area contributed by atoms with Crippen LogP contribution < -0.4 is 0 Å². The molecule has 4 rings (SSSR count). The van der Waals surface area contributed by atoms with E-state index in [2.05, 4.69) is 74.8 Å². The minimum absolute atomic E-state index is 0.904. The van der Waals surface area contributed by atoms with Gasteiger partial charge in [-0.05, 0) is 41.8 Å². The van der Waals surface area contributed by atoms with E-state index in [0.717, 1.165) is 32.9 Å². The number of halogens is 1. The molecule has 0 atom stereocenters. The van der Waals surface area contributed by atoms with E-state index in [-0.39, 0.29) is 0 Å². The van der Waals surface area contributed by atoms with Gasteiger partial charge in [0.2, 0.25) is 0 Å². The fraction of sp³-hybridized carbons (Fsp3) is 0.0476. The Hall–Kier alpha value is -2.30. The van der Waals surface area contributed by atoms with E-state index in [4.69, 9.17) is 4.98 Å². The highest BCUT2D eigenvalue weighted by Crippen LogP contribution is 2.29. The number of nitrogens with zero attached hydrogens (tertiary/aromatic N) is 2. The molecule has 0 aliphatic rings. The first-order valence-corrected chi connectivity index (χ1v) is 9.66. The lowest BCUT2D eigenvalue weighted by Crippen LogP contribution is -1.90. The summed E-state index contributed by atoms with van der Waals surface area (Å²) in [6.45, 7) is 0. The van der Waals surface area contributed by atoms with E-state index in [1.165, 1.54) is 11.1 Å². The number of thiazole rings is 1. The van der Waals surface area contributed by atoms with Gasteiger partial charge in [0.05, 0.1) is 11.4 Å². The van der Waals surface area contributed by atoms with Crippen LogP contribution in [0.3, 0.4) is 0 Å². The van der Waals surface area contributed by atoms with Crippen LogP contribution in [0.5, 0.6) is 0 Å². The molecule has 0 spiro atoms. The third-order valence-electron chi connectivity index (χ3n) is 3.94. The van der Waals surface area contributed by atoms with E-state index in [9.17, 15) is 0 Å². The lowest BCUT2D eigenvalue weighted by molar-refractivity contribution is 1.16. The lowest BCUT2D eigenvalue weighted by Gasteiger charge is -2.03. The van der Waals surface area contributed by atoms with Gasteiger partial charge in [0.15, 0.2) is 0 Å². The van der Waals surface area contributed by atoms with Crippen molar-refractivity contribution in [2.24, 2.45) is 0 Å². The average molecular weight is 407 g/mol. The summed E-state index contributed by atoms with van der Waals surface area (Å²) in [5, 5.41) is 3.04. The molecule has 122 valence electrons. The van der Waals surface area contributed by atoms with Crippen molar-refractivity contribution in [1.82, 2.24) is 9.97 Å². The topological polar surface area (TPSA) is 25.8 Å². The minimum Gasteiger partial charge on any atom is -0.254 e. The number of pyridine rings is 1. The van der Waals surface area contributed by atoms with Crippen LogP contribution in [0.15, 0.2) is 82.8 Å². The average Bonchev–Trinajstić information content (AvgIpc) is 3.14. The fourth-order valence-corrected chi connectivity index (χ4v) is 3.74. The second kappa shape index (κ2) is 7.30. The molecule has 0 saturated carbocycles. The van der Waals surface area contributed by atoms with Gasteiger partial charge < -0.3 is 0 Å². The van der Waals surface area contributed by atoms with Gasteiger partial charge in [-0.1, -0.05) is 58.4 Å². The number of benzene rings is 2. The molecule has 0 fully saturated rings. The van der Waals surface area contributed by atoms with Crippen molar-refractivity contribution in [3.63, 3.8) is 0 Å². The maximum absolute atomic E-state index is 4.77. The van der Waals surface area contributed by atoms with E-state index < -0.39 is 0 Å². The molecule has 0 radical (unpaired) electrons. The van der Waals surface area contributed by atoms with Gasteiger partial charge in [0.25, 0.3) is 0 Å². The predicted octanol–water partition coefficient (Wildman–Crippen LogP) is 6.23. The van der Waals surface area contributed by atoms with Gasteiger partial charge in [-0.25, -0.2) is 4.98 Å². The Morgan fingerprint density at radius 2 is 1.64 bits per heavy atom. The monoisotopic (exact) mass is 406 g/mol. The van der Waals surface area contributed by atoms with Gasteiger partial charge in [0, 0.05) is 21.6 Å². The van der Waals surface area contributed by atoms with Crippen molar-refractivity contribution in [2.45, 2.75) is 6.42 Å². The molecule has 2 aromatic heterocycles. The Bertz CT molecular complexity index is 978. The molecule has 2 nitrogen and oxygen atoms in total. The Morgan fingerprint density at radius 3 is 2.44 bits per heavy atom. The molecule has 0 saturated heterocycles. The normalized spacial score (nSPS) is 10.8. The highest BCUT2D eigenvalue weighted by molar-refractivity contribution is 9.10. The summed E-state index contributed by atoms with van der Waals surface area (Å²) < 4.78 is 1.07. The third kappa shape index (κ3) is 3.86. The number of aromatic nitrogens is 2. The molecule has 2 heterocycles. The van der Waals surface area contributed by atoms with Gasteiger partial charge >= 0.3 is 0 Å². The fourth-order valence-electron chi connectivity index (χ4n) is 2.68. The first-order valence-electron chi connectivity index (χ1n) is 7.99. The third-order valence-corrected chi connectivity index (χ3v) is 5.33. The number of hydrogen-bond acceptors (Lipinski definition) is 3. The van der Waals surface area contributed by atoms with Crippen molar-refractivity contribution in [3.8, 4) is 22.0 Å². The SMILES string of the molecule is Brc1ccc(-c2csc(-c3cc(Cc4ccccc4)ccn3)n2)cc1. The maximum atomic E-state index is 4.77. The Balaban J connectivity index is 1.60. The minimum atomic E-state index is 0.904. The summed E-state index contributed by atoms with van der Waals surface area (Å²) in [5.74, 6) is 0. The molecular weight excluding hydrogens is 392 g/mol. The zero-order chi connectivity index (χ0) is 17.1. The molecule has 0 unspecified atom stereocenters. The zero-order valence-corrected chi connectivity index (χ0v) is 15.8. The van der Waals surface area contributed by atoms with Crippen molar-refractivity contribution >= 4 is 27.3 Å². The highest BCUT2D eigenvalue weighted by atomic mass is 79.9.